The lowest BCUT2D eigenvalue weighted by Crippen LogP contribution is -2.19. The van der Waals surface area contributed by atoms with Crippen molar-refractivity contribution in [2.24, 2.45) is 5.10 Å². The second kappa shape index (κ2) is 7.51. The average Bonchev–Trinajstić information content (AvgIpc) is 3.23. The molecule has 4 N–H and O–H groups in total. The van der Waals surface area contributed by atoms with Crippen LogP contribution >= 0.6 is 0 Å². The van der Waals surface area contributed by atoms with Crippen molar-refractivity contribution in [2.75, 3.05) is 12.3 Å². The molecule has 0 bridgehead atoms. The number of amides is 1. The van der Waals surface area contributed by atoms with E-state index in [2.05, 4.69) is 35.8 Å². The number of nitrogen functional groups attached to an aromatic ring is 1. The Balaban J connectivity index is 1.72. The lowest BCUT2D eigenvalue weighted by atomic mass is 10.2. The number of rotatable bonds is 6. The summed E-state index contributed by atoms with van der Waals surface area (Å²) in [5.41, 5.74) is 9.00. The number of hydrazone groups is 1. The van der Waals surface area contributed by atoms with Gasteiger partial charge in [-0.15, -0.1) is 5.10 Å². The van der Waals surface area contributed by atoms with Gasteiger partial charge in [-0.1, -0.05) is 5.21 Å². The van der Waals surface area contributed by atoms with Gasteiger partial charge in [-0.3, -0.25) is 4.79 Å². The fourth-order valence-corrected chi connectivity index (χ4v) is 2.18. The van der Waals surface area contributed by atoms with E-state index in [1.165, 1.54) is 17.0 Å². The number of anilines is 1. The Morgan fingerprint density at radius 3 is 3.00 bits per heavy atom. The first-order valence-electron chi connectivity index (χ1n) is 7.81. The second-order valence-electron chi connectivity index (χ2n) is 5.27. The van der Waals surface area contributed by atoms with Gasteiger partial charge in [-0.2, -0.15) is 9.78 Å². The Bertz CT molecular complexity index is 994. The van der Waals surface area contributed by atoms with Crippen molar-refractivity contribution in [3.8, 4) is 17.3 Å². The smallest absolute Gasteiger partial charge is 0.293 e. The van der Waals surface area contributed by atoms with E-state index in [1.807, 2.05) is 0 Å². The van der Waals surface area contributed by atoms with Crippen molar-refractivity contribution in [1.82, 2.24) is 30.7 Å². The highest BCUT2D eigenvalue weighted by Crippen LogP contribution is 2.26. The standard InChI is InChI=1S/C15H16N8O4/c1-3-26-11-6-9(4-5-10(11)24)7-17-19-15(25)12-8(2)23(22-18-12)14-13(16)20-27-21-14/h4-7,24H,3H2,1-2H3,(H2,16,20)(H,19,25)/b17-7+. The lowest BCUT2D eigenvalue weighted by Gasteiger charge is -2.05. The number of hydrogen-bond acceptors (Lipinski definition) is 10. The highest BCUT2D eigenvalue weighted by Gasteiger charge is 2.20. The van der Waals surface area contributed by atoms with Crippen molar-refractivity contribution < 1.29 is 19.3 Å². The van der Waals surface area contributed by atoms with Crippen LogP contribution in [0.1, 0.15) is 28.7 Å². The number of ether oxygens (including phenoxy) is 1. The zero-order chi connectivity index (χ0) is 19.4. The van der Waals surface area contributed by atoms with Gasteiger partial charge in [-0.25, -0.2) is 10.1 Å². The molecule has 2 heterocycles. The molecule has 12 heteroatoms. The van der Waals surface area contributed by atoms with Crippen LogP contribution in [0.5, 0.6) is 11.5 Å². The largest absolute Gasteiger partial charge is 0.504 e. The number of aromatic nitrogens is 5. The summed E-state index contributed by atoms with van der Waals surface area (Å²) >= 11 is 0. The number of nitrogens with zero attached hydrogens (tertiary/aromatic N) is 6. The van der Waals surface area contributed by atoms with E-state index in [0.29, 0.717) is 23.6 Å². The minimum atomic E-state index is -0.575. The molecule has 3 aromatic rings. The van der Waals surface area contributed by atoms with Gasteiger partial charge in [0.25, 0.3) is 5.91 Å². The fourth-order valence-electron chi connectivity index (χ4n) is 2.18. The molecule has 1 amide bonds. The van der Waals surface area contributed by atoms with Gasteiger partial charge in [0.2, 0.25) is 11.6 Å². The number of phenolic OH excluding ortho intramolecular Hbond substituents is 1. The number of nitrogens with two attached hydrogens (primary N) is 1. The first-order chi connectivity index (χ1) is 13.0. The molecule has 0 fully saturated rings. The molecule has 0 saturated carbocycles. The van der Waals surface area contributed by atoms with Gasteiger partial charge < -0.3 is 15.6 Å². The molecule has 0 spiro atoms. The molecule has 0 radical (unpaired) electrons. The van der Waals surface area contributed by atoms with E-state index < -0.39 is 5.91 Å². The van der Waals surface area contributed by atoms with E-state index >= 15 is 0 Å². The average molecular weight is 372 g/mol. The van der Waals surface area contributed by atoms with Gasteiger partial charge >= 0.3 is 0 Å². The number of carbonyl (C=O) groups is 1. The number of hydrogen-bond donors (Lipinski definition) is 3. The Labute approximate surface area is 152 Å². The van der Waals surface area contributed by atoms with Gasteiger partial charge in [0.1, 0.15) is 0 Å². The minimum Gasteiger partial charge on any atom is -0.504 e. The lowest BCUT2D eigenvalue weighted by molar-refractivity contribution is 0.0949. The maximum absolute atomic E-state index is 12.3. The van der Waals surface area contributed by atoms with Crippen LogP contribution in [0, 0.1) is 6.92 Å². The van der Waals surface area contributed by atoms with Crippen molar-refractivity contribution in [2.45, 2.75) is 13.8 Å². The van der Waals surface area contributed by atoms with Gasteiger partial charge in [0, 0.05) is 0 Å². The maximum Gasteiger partial charge on any atom is 0.293 e. The van der Waals surface area contributed by atoms with E-state index in [9.17, 15) is 9.90 Å². The summed E-state index contributed by atoms with van der Waals surface area (Å²) < 4.78 is 11.0. The van der Waals surface area contributed by atoms with Crippen LogP contribution in [0.4, 0.5) is 5.82 Å². The molecule has 0 atom stereocenters. The number of aromatic hydroxyl groups is 1. The number of phenols is 1. The Morgan fingerprint density at radius 2 is 2.30 bits per heavy atom. The van der Waals surface area contributed by atoms with E-state index in [4.69, 9.17) is 10.5 Å². The molecule has 27 heavy (non-hydrogen) atoms. The molecule has 0 saturated heterocycles. The molecule has 2 aromatic heterocycles. The molecule has 1 aromatic carbocycles. The third kappa shape index (κ3) is 3.68. The van der Waals surface area contributed by atoms with Gasteiger partial charge in [0.05, 0.1) is 18.5 Å². The summed E-state index contributed by atoms with van der Waals surface area (Å²) in [6.07, 6.45) is 1.40. The van der Waals surface area contributed by atoms with Crippen LogP contribution in [0.2, 0.25) is 0 Å². The van der Waals surface area contributed by atoms with Crippen molar-refractivity contribution in [3.05, 3.63) is 35.2 Å². The summed E-state index contributed by atoms with van der Waals surface area (Å²) in [6, 6.07) is 4.69. The third-order valence-corrected chi connectivity index (χ3v) is 3.47. The van der Waals surface area contributed by atoms with Crippen LogP contribution in [0.3, 0.4) is 0 Å². The molecule has 0 unspecified atom stereocenters. The van der Waals surface area contributed by atoms with Crippen LogP contribution < -0.4 is 15.9 Å². The monoisotopic (exact) mass is 372 g/mol. The molecule has 0 aliphatic heterocycles. The zero-order valence-electron chi connectivity index (χ0n) is 14.4. The summed E-state index contributed by atoms with van der Waals surface area (Å²) in [6.45, 7) is 3.82. The molecular weight excluding hydrogens is 356 g/mol. The highest BCUT2D eigenvalue weighted by atomic mass is 16.6. The van der Waals surface area contributed by atoms with E-state index in [1.54, 1.807) is 26.0 Å². The summed E-state index contributed by atoms with van der Waals surface area (Å²) in [4.78, 5) is 12.3. The zero-order valence-corrected chi connectivity index (χ0v) is 14.4. The Kier molecular flexibility index (Phi) is 4.97. The molecule has 140 valence electrons. The fraction of sp³-hybridized carbons (Fsp3) is 0.200. The molecular formula is C15H16N8O4. The van der Waals surface area contributed by atoms with Crippen LogP contribution in [-0.2, 0) is 0 Å². The predicted molar refractivity (Wildman–Crippen MR) is 92.7 cm³/mol. The highest BCUT2D eigenvalue weighted by molar-refractivity contribution is 5.94. The SMILES string of the molecule is CCOc1cc(/C=N/NC(=O)c2nnn(-c3nonc3N)c2C)ccc1O. The maximum atomic E-state index is 12.3. The molecule has 0 aliphatic rings. The van der Waals surface area contributed by atoms with Crippen molar-refractivity contribution in [3.63, 3.8) is 0 Å². The second-order valence-corrected chi connectivity index (χ2v) is 5.27. The van der Waals surface area contributed by atoms with Crippen LogP contribution in [0.15, 0.2) is 27.9 Å². The number of nitrogens with one attached hydrogen (secondary N) is 1. The van der Waals surface area contributed by atoms with E-state index in [0.717, 1.165) is 0 Å². The summed E-state index contributed by atoms with van der Waals surface area (Å²) in [5, 5.41) is 28.2. The normalized spacial score (nSPS) is 11.0. The first kappa shape index (κ1) is 17.8. The van der Waals surface area contributed by atoms with Gasteiger partial charge in [0.15, 0.2) is 17.2 Å². The number of benzene rings is 1. The Hall–Kier alpha value is -3.96. The summed E-state index contributed by atoms with van der Waals surface area (Å²) in [5.74, 6) is -0.0772. The third-order valence-electron chi connectivity index (χ3n) is 3.47. The molecule has 3 rings (SSSR count). The van der Waals surface area contributed by atoms with Crippen LogP contribution in [0.25, 0.3) is 5.82 Å². The van der Waals surface area contributed by atoms with Gasteiger partial charge in [-0.05, 0) is 47.9 Å². The quantitative estimate of drug-likeness (QED) is 0.410. The van der Waals surface area contributed by atoms with Crippen molar-refractivity contribution >= 4 is 17.9 Å². The molecule has 12 nitrogen and oxygen atoms in total. The van der Waals surface area contributed by atoms with Crippen molar-refractivity contribution in [1.29, 1.82) is 0 Å². The summed E-state index contributed by atoms with van der Waals surface area (Å²) in [7, 11) is 0. The van der Waals surface area contributed by atoms with Crippen LogP contribution in [-0.4, -0.2) is 49.1 Å². The minimum absolute atomic E-state index is 0.0189. The predicted octanol–water partition coefficient (Wildman–Crippen LogP) is 0.409. The molecule has 0 aliphatic carbocycles. The number of carbonyl (C=O) groups excluding carboxylic acids is 1. The topological polar surface area (TPSA) is 167 Å². The first-order valence-corrected chi connectivity index (χ1v) is 7.81. The van der Waals surface area contributed by atoms with E-state index in [-0.39, 0.29) is 23.1 Å². The Morgan fingerprint density at radius 1 is 1.48 bits per heavy atom.